The highest BCUT2D eigenvalue weighted by atomic mass is 19.1. The van der Waals surface area contributed by atoms with Crippen LogP contribution >= 0.6 is 0 Å². The van der Waals surface area contributed by atoms with E-state index in [-0.39, 0.29) is 18.0 Å². The monoisotopic (exact) mass is 265 g/mol. The van der Waals surface area contributed by atoms with Crippen molar-refractivity contribution in [1.82, 2.24) is 4.90 Å². The maximum Gasteiger partial charge on any atom is 0.127 e. The molecule has 1 N–H and O–H groups in total. The molecule has 0 amide bonds. The van der Waals surface area contributed by atoms with Gasteiger partial charge < -0.3 is 5.11 Å². The molecule has 0 bridgehead atoms. The lowest BCUT2D eigenvalue weighted by Crippen LogP contribution is -2.27. The number of halogens is 1. The van der Waals surface area contributed by atoms with Crippen LogP contribution in [0.4, 0.5) is 4.39 Å². The van der Waals surface area contributed by atoms with Gasteiger partial charge in [0.25, 0.3) is 0 Å². The van der Waals surface area contributed by atoms with Crippen LogP contribution in [0.15, 0.2) is 24.3 Å². The summed E-state index contributed by atoms with van der Waals surface area (Å²) in [5.41, 5.74) is 0.747. The average molecular weight is 265 g/mol. The van der Waals surface area contributed by atoms with Gasteiger partial charge in [-0.2, -0.15) is 0 Å². The summed E-state index contributed by atoms with van der Waals surface area (Å²) in [6.07, 6.45) is 4.08. The van der Waals surface area contributed by atoms with E-state index in [0.29, 0.717) is 5.92 Å². The average Bonchev–Trinajstić information content (AvgIpc) is 2.81. The van der Waals surface area contributed by atoms with E-state index in [0.717, 1.165) is 37.8 Å². The second-order valence-electron chi connectivity index (χ2n) is 5.73. The topological polar surface area (TPSA) is 23.5 Å². The summed E-state index contributed by atoms with van der Waals surface area (Å²) >= 11 is 0. The molecule has 1 saturated carbocycles. The molecule has 106 valence electrons. The van der Waals surface area contributed by atoms with E-state index in [4.69, 9.17) is 0 Å². The number of benzene rings is 1. The van der Waals surface area contributed by atoms with Gasteiger partial charge in [-0.15, -0.1) is 0 Å². The first-order valence-electron chi connectivity index (χ1n) is 7.22. The molecular weight excluding hydrogens is 241 g/mol. The maximum absolute atomic E-state index is 13.7. The molecule has 3 unspecified atom stereocenters. The molecule has 3 heteroatoms. The molecule has 0 heterocycles. The van der Waals surface area contributed by atoms with Crippen molar-refractivity contribution in [2.24, 2.45) is 5.92 Å². The number of nitrogens with zero attached hydrogens (tertiary/aromatic N) is 1. The van der Waals surface area contributed by atoms with E-state index in [9.17, 15) is 9.50 Å². The molecule has 1 fully saturated rings. The molecule has 0 spiro atoms. The summed E-state index contributed by atoms with van der Waals surface area (Å²) in [6.45, 7) is 2.93. The zero-order chi connectivity index (χ0) is 13.8. The minimum absolute atomic E-state index is 0.0692. The van der Waals surface area contributed by atoms with Gasteiger partial charge in [0.05, 0.1) is 6.10 Å². The van der Waals surface area contributed by atoms with Crippen LogP contribution in [0.3, 0.4) is 0 Å². The summed E-state index contributed by atoms with van der Waals surface area (Å²) in [5, 5.41) is 9.82. The molecule has 1 aliphatic rings. The van der Waals surface area contributed by atoms with Crippen LogP contribution in [0.5, 0.6) is 0 Å². The number of aliphatic hydroxyl groups is 1. The Morgan fingerprint density at radius 2 is 2.11 bits per heavy atom. The molecule has 19 heavy (non-hydrogen) atoms. The van der Waals surface area contributed by atoms with E-state index in [1.54, 1.807) is 6.07 Å². The Balaban J connectivity index is 1.89. The van der Waals surface area contributed by atoms with E-state index < -0.39 is 0 Å². The highest BCUT2D eigenvalue weighted by Gasteiger charge is 2.25. The summed E-state index contributed by atoms with van der Waals surface area (Å²) < 4.78 is 13.7. The van der Waals surface area contributed by atoms with Gasteiger partial charge in [-0.1, -0.05) is 24.6 Å². The number of rotatable bonds is 5. The lowest BCUT2D eigenvalue weighted by Gasteiger charge is -2.27. The molecule has 0 aliphatic heterocycles. The molecule has 0 aromatic heterocycles. The standard InChI is InChI=1S/C16H24FNO/c1-12(14-7-3-4-8-15(14)17)18(2)11-10-13-6-5-9-16(13)19/h3-4,7-8,12-13,16,19H,5-6,9-11H2,1-2H3. The zero-order valence-corrected chi connectivity index (χ0v) is 11.8. The van der Waals surface area contributed by atoms with Crippen LogP contribution in [0.1, 0.15) is 44.2 Å². The number of aliphatic hydroxyl groups excluding tert-OH is 1. The summed E-state index contributed by atoms with van der Waals surface area (Å²) in [6, 6.07) is 7.03. The van der Waals surface area contributed by atoms with Crippen molar-refractivity contribution in [3.8, 4) is 0 Å². The fourth-order valence-corrected chi connectivity index (χ4v) is 2.97. The minimum Gasteiger partial charge on any atom is -0.393 e. The SMILES string of the molecule is CC(c1ccccc1F)N(C)CCC1CCCC1O. The third kappa shape index (κ3) is 3.54. The van der Waals surface area contributed by atoms with E-state index in [1.807, 2.05) is 26.1 Å². The van der Waals surface area contributed by atoms with Crippen LogP contribution < -0.4 is 0 Å². The van der Waals surface area contributed by atoms with Crippen molar-refractivity contribution in [2.75, 3.05) is 13.6 Å². The van der Waals surface area contributed by atoms with E-state index in [1.165, 1.54) is 6.07 Å². The Labute approximate surface area is 115 Å². The van der Waals surface area contributed by atoms with Gasteiger partial charge in [0.15, 0.2) is 0 Å². The molecule has 3 atom stereocenters. The van der Waals surface area contributed by atoms with Gasteiger partial charge in [-0.05, 0) is 51.8 Å². The van der Waals surface area contributed by atoms with Crippen LogP contribution in [-0.4, -0.2) is 29.7 Å². The summed E-state index contributed by atoms with van der Waals surface area (Å²) in [5.74, 6) is 0.290. The lowest BCUT2D eigenvalue weighted by atomic mass is 10.0. The summed E-state index contributed by atoms with van der Waals surface area (Å²) in [7, 11) is 2.03. The first-order chi connectivity index (χ1) is 9.09. The van der Waals surface area contributed by atoms with Gasteiger partial charge >= 0.3 is 0 Å². The first kappa shape index (κ1) is 14.5. The van der Waals surface area contributed by atoms with Crippen LogP contribution in [-0.2, 0) is 0 Å². The van der Waals surface area contributed by atoms with Crippen molar-refractivity contribution in [3.05, 3.63) is 35.6 Å². The second kappa shape index (κ2) is 6.49. The third-order valence-corrected chi connectivity index (χ3v) is 4.49. The second-order valence-corrected chi connectivity index (χ2v) is 5.73. The Kier molecular flexibility index (Phi) is 4.94. The Bertz CT molecular complexity index is 409. The van der Waals surface area contributed by atoms with Gasteiger partial charge in [-0.25, -0.2) is 4.39 Å². The molecule has 0 radical (unpaired) electrons. The van der Waals surface area contributed by atoms with Crippen LogP contribution in [0.25, 0.3) is 0 Å². The molecule has 2 rings (SSSR count). The largest absolute Gasteiger partial charge is 0.393 e. The van der Waals surface area contributed by atoms with Crippen LogP contribution in [0.2, 0.25) is 0 Å². The quantitative estimate of drug-likeness (QED) is 0.882. The molecular formula is C16H24FNO. The molecule has 1 aromatic rings. The normalized spacial score (nSPS) is 24.9. The predicted molar refractivity (Wildman–Crippen MR) is 75.4 cm³/mol. The van der Waals surface area contributed by atoms with Gasteiger partial charge in [0, 0.05) is 11.6 Å². The highest BCUT2D eigenvalue weighted by molar-refractivity contribution is 5.20. The Hall–Kier alpha value is -0.930. The first-order valence-corrected chi connectivity index (χ1v) is 7.22. The molecule has 1 aliphatic carbocycles. The van der Waals surface area contributed by atoms with Crippen molar-refractivity contribution >= 4 is 0 Å². The summed E-state index contributed by atoms with van der Waals surface area (Å²) in [4.78, 5) is 2.17. The van der Waals surface area contributed by atoms with E-state index >= 15 is 0 Å². The molecule has 0 saturated heterocycles. The number of hydrogen-bond donors (Lipinski definition) is 1. The van der Waals surface area contributed by atoms with Crippen molar-refractivity contribution in [1.29, 1.82) is 0 Å². The minimum atomic E-state index is -0.136. The molecule has 1 aromatic carbocycles. The highest BCUT2D eigenvalue weighted by Crippen LogP contribution is 2.29. The van der Waals surface area contributed by atoms with Crippen molar-refractivity contribution < 1.29 is 9.50 Å². The fraction of sp³-hybridized carbons (Fsp3) is 0.625. The maximum atomic E-state index is 13.7. The lowest BCUT2D eigenvalue weighted by molar-refractivity contribution is 0.116. The third-order valence-electron chi connectivity index (χ3n) is 4.49. The Morgan fingerprint density at radius 1 is 1.37 bits per heavy atom. The van der Waals surface area contributed by atoms with Gasteiger partial charge in [-0.3, -0.25) is 4.90 Å². The van der Waals surface area contributed by atoms with Gasteiger partial charge in [0.2, 0.25) is 0 Å². The number of hydrogen-bond acceptors (Lipinski definition) is 2. The van der Waals surface area contributed by atoms with Crippen LogP contribution in [0, 0.1) is 11.7 Å². The predicted octanol–water partition coefficient (Wildman–Crippen LogP) is 3.37. The fourth-order valence-electron chi connectivity index (χ4n) is 2.97. The van der Waals surface area contributed by atoms with Gasteiger partial charge in [0.1, 0.15) is 5.82 Å². The zero-order valence-electron chi connectivity index (χ0n) is 11.8. The Morgan fingerprint density at radius 3 is 2.74 bits per heavy atom. The van der Waals surface area contributed by atoms with Crippen molar-refractivity contribution in [2.45, 2.75) is 44.8 Å². The smallest absolute Gasteiger partial charge is 0.127 e. The molecule has 2 nitrogen and oxygen atoms in total. The van der Waals surface area contributed by atoms with Crippen molar-refractivity contribution in [3.63, 3.8) is 0 Å². The van der Waals surface area contributed by atoms with E-state index in [2.05, 4.69) is 4.90 Å².